The Bertz CT molecular complexity index is 4440. The molecule has 30 heteroatoms. The van der Waals surface area contributed by atoms with Gasteiger partial charge in [-0.2, -0.15) is 0 Å². The Morgan fingerprint density at radius 3 is 0.474 bits per heavy atom. The van der Waals surface area contributed by atoms with Gasteiger partial charge < -0.3 is 75.5 Å². The molecule has 0 atom stereocenters. The molecule has 0 spiro atoms. The van der Waals surface area contributed by atoms with Crippen LogP contribution in [-0.4, -0.2) is 79.9 Å². The van der Waals surface area contributed by atoms with E-state index in [0.717, 1.165) is 63.5 Å². The second-order valence-corrected chi connectivity index (χ2v) is 28.9. The predicted molar refractivity (Wildman–Crippen MR) is 434 cm³/mol. The van der Waals surface area contributed by atoms with Gasteiger partial charge >= 0.3 is 65.2 Å². The fourth-order valence-corrected chi connectivity index (χ4v) is 16.2. The summed E-state index contributed by atoms with van der Waals surface area (Å²) >= 11 is 0. The van der Waals surface area contributed by atoms with E-state index in [1.54, 1.807) is 153 Å². The molecule has 0 N–H and O–H groups in total. The quantitative estimate of drug-likeness (QED) is 0.0262. The zero-order valence-corrected chi connectivity index (χ0v) is 71.1. The summed E-state index contributed by atoms with van der Waals surface area (Å²) in [6.45, 7) is 0. The van der Waals surface area contributed by atoms with Crippen LogP contribution in [0.4, 0.5) is 34.1 Å². The number of aliphatic imine (C=N–C) groups is 6. The minimum absolute atomic E-state index is 0. The van der Waals surface area contributed by atoms with Gasteiger partial charge in [0.25, 0.3) is 0 Å². The van der Waals surface area contributed by atoms with Gasteiger partial charge in [-0.1, -0.05) is 208 Å². The molecule has 12 aromatic rings. The molecule has 0 saturated carbocycles. The minimum Gasteiger partial charge on any atom is -2.00 e. The van der Waals surface area contributed by atoms with Crippen molar-refractivity contribution < 1.29 is 141 Å². The molecule has 0 aliphatic rings. The third kappa shape index (κ3) is 28.7. The standard InChI is InChI=1S/3C28H24N2O4S2.3O.3Ti/c3*1-33-21-11-13-25(31)19(15-21)17-29-23-7-3-5-9-27(23)35-36-28-10-6-4-8-24(28)30-18-20-16-22(34-2)12-14-26(20)32;;;;;;/h3*3-18,31-32H,1-2H3;;;;;;/q;;;3*-2;3*+4/p-6. The molecule has 0 amide bonds. The fourth-order valence-electron chi connectivity index (χ4n) is 9.44. The van der Waals surface area contributed by atoms with E-state index in [1.807, 2.05) is 146 Å². The third-order valence-corrected chi connectivity index (χ3v) is 22.6. The van der Waals surface area contributed by atoms with Gasteiger partial charge in [0.1, 0.15) is 34.5 Å². The van der Waals surface area contributed by atoms with E-state index >= 15 is 0 Å². The van der Waals surface area contributed by atoms with Crippen molar-refractivity contribution in [1.29, 1.82) is 0 Å². The molecule has 0 radical (unpaired) electrons. The summed E-state index contributed by atoms with van der Waals surface area (Å²) < 4.78 is 31.2. The number of hydrogen-bond donors (Lipinski definition) is 0. The molecule has 114 heavy (non-hydrogen) atoms. The number of benzene rings is 12. The summed E-state index contributed by atoms with van der Waals surface area (Å²) in [5.74, 6) is 2.88. The van der Waals surface area contributed by atoms with Crippen LogP contribution in [0.1, 0.15) is 33.4 Å². The van der Waals surface area contributed by atoms with Crippen LogP contribution in [0.2, 0.25) is 0 Å². The average Bonchev–Trinajstić information content (AvgIpc) is 0.838. The molecule has 570 valence electrons. The summed E-state index contributed by atoms with van der Waals surface area (Å²) in [6.07, 6.45) is 9.34. The maximum Gasteiger partial charge on any atom is 4.00 e. The van der Waals surface area contributed by atoms with Gasteiger partial charge in [-0.3, -0.25) is 30.0 Å². The molecule has 21 nitrogen and oxygen atoms in total. The summed E-state index contributed by atoms with van der Waals surface area (Å²) in [6, 6.07) is 74.8. The van der Waals surface area contributed by atoms with Crippen LogP contribution in [0.15, 0.2) is 314 Å². The van der Waals surface area contributed by atoms with E-state index in [0.29, 0.717) is 67.9 Å². The number of ether oxygens (including phenoxy) is 6. The van der Waals surface area contributed by atoms with Gasteiger partial charge in [-0.05, 0) is 179 Å². The van der Waals surface area contributed by atoms with Crippen LogP contribution in [0, 0.1) is 0 Å². The SMILES string of the molecule is COc1ccc([O-])c(C=Nc2ccccc2SSc2ccccc2N=Cc2cc(OC)ccc2[O-])c1.COc1ccc([O-])c(C=Nc2ccccc2SSc2ccccc2N=Cc2cc(OC)ccc2[O-])c1.COc1ccc([O-])c(C=Nc2ccccc2SSc2ccccc2N=Cc2cc(OC)ccc2[O-])c1.[O-2].[O-2].[O-2].[Ti+4].[Ti+4].[Ti+4]. The van der Waals surface area contributed by atoms with Crippen LogP contribution in [0.3, 0.4) is 0 Å². The first-order valence-corrected chi connectivity index (χ1v) is 39.1. The van der Waals surface area contributed by atoms with Gasteiger partial charge in [0.05, 0.1) is 76.8 Å². The zero-order chi connectivity index (χ0) is 76.0. The molecule has 0 fully saturated rings. The van der Waals surface area contributed by atoms with Crippen molar-refractivity contribution in [3.05, 3.63) is 288 Å². The number of methoxy groups -OCH3 is 6. The van der Waals surface area contributed by atoms with Crippen molar-refractivity contribution in [3.63, 3.8) is 0 Å². The summed E-state index contributed by atoms with van der Waals surface area (Å²) in [5.41, 5.74) is 7.18. The van der Waals surface area contributed by atoms with E-state index in [4.69, 9.17) is 28.4 Å². The van der Waals surface area contributed by atoms with Crippen molar-refractivity contribution >= 4 is 136 Å². The van der Waals surface area contributed by atoms with E-state index in [1.165, 1.54) is 101 Å². The number of hydrogen-bond acceptors (Lipinski definition) is 24. The molecule has 0 heterocycles. The first-order chi connectivity index (χ1) is 52.7. The summed E-state index contributed by atoms with van der Waals surface area (Å²) in [5, 5.41) is 73.0. The van der Waals surface area contributed by atoms with Gasteiger partial charge in [-0.15, -0.1) is 0 Å². The van der Waals surface area contributed by atoms with Crippen molar-refractivity contribution in [2.75, 3.05) is 42.7 Å². The molecule has 0 aromatic heterocycles. The molecule has 12 aromatic carbocycles. The van der Waals surface area contributed by atoms with E-state index in [2.05, 4.69) is 30.0 Å². The normalized spacial score (nSPS) is 10.7. The van der Waals surface area contributed by atoms with Crippen molar-refractivity contribution in [1.82, 2.24) is 0 Å². The van der Waals surface area contributed by atoms with Crippen molar-refractivity contribution in [3.8, 4) is 69.0 Å². The molecule has 0 bridgehead atoms. The zero-order valence-electron chi connectivity index (χ0n) is 61.5. The maximum absolute atomic E-state index is 12.2. The maximum atomic E-state index is 12.2. The van der Waals surface area contributed by atoms with Crippen molar-refractivity contribution in [2.45, 2.75) is 29.4 Å². The largest absolute Gasteiger partial charge is 4.00 e. The van der Waals surface area contributed by atoms with E-state index < -0.39 is 0 Å². The topological polar surface area (TPSA) is 353 Å². The number of nitrogens with zero attached hydrogens (tertiary/aromatic N) is 6. The van der Waals surface area contributed by atoms with E-state index in [-0.39, 0.29) is 116 Å². The second-order valence-electron chi connectivity index (χ2n) is 22.3. The minimum atomic E-state index is -0.122. The molecular formula is C84H66N6O15S6Ti3. The van der Waals surface area contributed by atoms with Crippen molar-refractivity contribution in [2.24, 2.45) is 30.0 Å². The molecule has 0 aliphatic heterocycles. The predicted octanol–water partition coefficient (Wildman–Crippen LogP) is 18.1. The van der Waals surface area contributed by atoms with Crippen LogP contribution < -0.4 is 59.1 Å². The van der Waals surface area contributed by atoms with Gasteiger partial charge in [0, 0.05) is 66.7 Å². The summed E-state index contributed by atoms with van der Waals surface area (Å²) in [4.78, 5) is 32.9. The van der Waals surface area contributed by atoms with E-state index in [9.17, 15) is 30.6 Å². The van der Waals surface area contributed by atoms with Gasteiger partial charge in [-0.25, -0.2) is 0 Å². The Kier molecular flexibility index (Phi) is 42.9. The van der Waals surface area contributed by atoms with Crippen LogP contribution in [-0.2, 0) is 81.6 Å². The molecule has 0 unspecified atom stereocenters. The fraction of sp³-hybridized carbons (Fsp3) is 0.0714. The Balaban J connectivity index is 0.000000351. The number of para-hydroxylation sites is 6. The van der Waals surface area contributed by atoms with Crippen LogP contribution >= 0.6 is 64.8 Å². The second kappa shape index (κ2) is 50.6. The van der Waals surface area contributed by atoms with Crippen LogP contribution in [0.25, 0.3) is 0 Å². The Hall–Kier alpha value is -9.62. The summed E-state index contributed by atoms with van der Waals surface area (Å²) in [7, 11) is 18.6. The monoisotopic (exact) mass is 1730 g/mol. The van der Waals surface area contributed by atoms with Crippen LogP contribution in [0.5, 0.6) is 69.0 Å². The Morgan fingerprint density at radius 1 is 0.211 bits per heavy atom. The smallest absolute Gasteiger partial charge is 2.00 e. The number of rotatable bonds is 27. The Labute approximate surface area is 729 Å². The molecule has 0 aliphatic carbocycles. The molecule has 12 rings (SSSR count). The average molecular weight is 1740 g/mol. The Morgan fingerprint density at radius 2 is 0.342 bits per heavy atom. The molecular weight excluding hydrogens is 1670 g/mol. The van der Waals surface area contributed by atoms with Gasteiger partial charge in [0.2, 0.25) is 0 Å². The molecule has 0 saturated heterocycles. The van der Waals surface area contributed by atoms with Gasteiger partial charge in [0.15, 0.2) is 0 Å². The third-order valence-electron chi connectivity index (χ3n) is 15.2. The first-order valence-electron chi connectivity index (χ1n) is 32.6. The first kappa shape index (κ1) is 96.8.